The number of aldehydes is 1. The van der Waals surface area contributed by atoms with Crippen molar-refractivity contribution in [1.29, 1.82) is 0 Å². The highest BCUT2D eigenvalue weighted by molar-refractivity contribution is 6.99. The molecule has 0 heterocycles. The Balaban J connectivity index is 0.000000396. The lowest BCUT2D eigenvalue weighted by Gasteiger charge is -2.43. The molecule has 0 fully saturated rings. The number of ether oxygens (including phenoxy) is 1. The second-order valence-electron chi connectivity index (χ2n) is 8.20. The molecule has 0 spiro atoms. The van der Waals surface area contributed by atoms with Gasteiger partial charge in [0.15, 0.2) is 0 Å². The molecule has 0 atom stereocenters. The predicted molar refractivity (Wildman–Crippen MR) is 123 cm³/mol. The molecular formula is C25H32O4Si. The molecule has 2 aromatic rings. The topological polar surface area (TPSA) is 52.6 Å². The number of carbonyl (C=O) groups excluding carboxylic acids is 2. The van der Waals surface area contributed by atoms with Crippen molar-refractivity contribution in [2.24, 2.45) is 0 Å². The second kappa shape index (κ2) is 10.9. The van der Waals surface area contributed by atoms with E-state index in [2.05, 4.69) is 92.2 Å². The van der Waals surface area contributed by atoms with Gasteiger partial charge in [0.05, 0.1) is 12.4 Å². The molecule has 3 rings (SSSR count). The molecule has 4 nitrogen and oxygen atoms in total. The van der Waals surface area contributed by atoms with E-state index in [0.29, 0.717) is 0 Å². The molecular weight excluding hydrogens is 392 g/mol. The molecule has 0 aliphatic heterocycles. The van der Waals surface area contributed by atoms with Gasteiger partial charge in [0, 0.05) is 6.42 Å². The van der Waals surface area contributed by atoms with E-state index in [0.717, 1.165) is 12.8 Å². The summed E-state index contributed by atoms with van der Waals surface area (Å²) < 4.78 is 11.1. The molecule has 0 bridgehead atoms. The molecule has 0 amide bonds. The van der Waals surface area contributed by atoms with E-state index >= 15 is 0 Å². The van der Waals surface area contributed by atoms with Gasteiger partial charge in [-0.15, -0.1) is 0 Å². The Labute approximate surface area is 181 Å². The lowest BCUT2D eigenvalue weighted by Crippen LogP contribution is -2.66. The first kappa shape index (κ1) is 23.6. The first-order chi connectivity index (χ1) is 14.3. The van der Waals surface area contributed by atoms with Crippen molar-refractivity contribution < 1.29 is 18.8 Å². The maximum Gasteiger partial charge on any atom is 0.371 e. The van der Waals surface area contributed by atoms with Crippen molar-refractivity contribution in [3.05, 3.63) is 72.5 Å². The van der Waals surface area contributed by atoms with Gasteiger partial charge in [-0.2, -0.15) is 0 Å². The van der Waals surface area contributed by atoms with Crippen molar-refractivity contribution in [2.75, 3.05) is 6.61 Å². The standard InChI is InChI=1S/C21H26OSi.C4H6O3/c1-21(2,3)23(19-14-6-4-7-15-19,20-16-8-5-9-17-20)22-18-12-10-11-13-18;1-2-7-4(6)3-5/h4-9,12,14-17H,10-11,13H2,1-3H3;3H,2H2,1H3. The van der Waals surface area contributed by atoms with Crippen LogP contribution in [0.2, 0.25) is 5.04 Å². The highest BCUT2D eigenvalue weighted by Crippen LogP contribution is 2.39. The normalized spacial score (nSPS) is 13.5. The van der Waals surface area contributed by atoms with Crippen LogP contribution in [-0.2, 0) is 18.8 Å². The third-order valence-electron chi connectivity index (χ3n) is 5.08. The molecule has 0 aromatic heterocycles. The van der Waals surface area contributed by atoms with Crippen LogP contribution in [0.3, 0.4) is 0 Å². The number of allylic oxidation sites excluding steroid dienone is 2. The van der Waals surface area contributed by atoms with Crippen LogP contribution in [0.1, 0.15) is 47.0 Å². The van der Waals surface area contributed by atoms with Crippen molar-refractivity contribution in [2.45, 2.75) is 52.0 Å². The van der Waals surface area contributed by atoms with Crippen molar-refractivity contribution in [3.63, 3.8) is 0 Å². The van der Waals surface area contributed by atoms with Gasteiger partial charge in [0.25, 0.3) is 0 Å². The maximum atomic E-state index is 9.82. The Morgan fingerprint density at radius 2 is 1.53 bits per heavy atom. The monoisotopic (exact) mass is 424 g/mol. The molecule has 0 radical (unpaired) electrons. The van der Waals surface area contributed by atoms with Crippen LogP contribution >= 0.6 is 0 Å². The number of benzene rings is 2. The summed E-state index contributed by atoms with van der Waals surface area (Å²) in [5, 5.41) is 2.76. The summed E-state index contributed by atoms with van der Waals surface area (Å²) in [6, 6.07) is 21.7. The molecule has 0 unspecified atom stereocenters. The number of rotatable bonds is 6. The summed E-state index contributed by atoms with van der Waals surface area (Å²) in [6.07, 6.45) is 5.87. The first-order valence-electron chi connectivity index (χ1n) is 10.5. The maximum absolute atomic E-state index is 9.82. The third kappa shape index (κ3) is 5.69. The molecule has 0 saturated carbocycles. The first-order valence-corrected chi connectivity index (χ1v) is 12.4. The summed E-state index contributed by atoms with van der Waals surface area (Å²) in [7, 11) is -2.38. The number of esters is 1. The van der Waals surface area contributed by atoms with Crippen LogP contribution < -0.4 is 10.4 Å². The van der Waals surface area contributed by atoms with Gasteiger partial charge in [-0.3, -0.25) is 4.79 Å². The van der Waals surface area contributed by atoms with Crippen LogP contribution in [0.5, 0.6) is 0 Å². The van der Waals surface area contributed by atoms with Gasteiger partial charge in [-0.25, -0.2) is 4.79 Å². The number of carbonyl (C=O) groups is 2. The summed E-state index contributed by atoms with van der Waals surface area (Å²) in [5.41, 5.74) is 0. The van der Waals surface area contributed by atoms with E-state index in [4.69, 9.17) is 4.43 Å². The Hall–Kier alpha value is -2.66. The van der Waals surface area contributed by atoms with E-state index in [1.807, 2.05) is 0 Å². The molecule has 2 aromatic carbocycles. The SMILES string of the molecule is CC(C)(C)[Si](OC1=CCCC1)(c1ccccc1)c1ccccc1.CCOC(=O)C=O. The third-order valence-corrected chi connectivity index (χ3v) is 10.1. The van der Waals surface area contributed by atoms with Crippen LogP contribution in [0.25, 0.3) is 0 Å². The molecule has 0 N–H and O–H groups in total. The smallest absolute Gasteiger partial charge is 0.371 e. The number of hydrogen-bond acceptors (Lipinski definition) is 4. The van der Waals surface area contributed by atoms with E-state index in [-0.39, 0.29) is 17.9 Å². The van der Waals surface area contributed by atoms with Crippen LogP contribution in [0.15, 0.2) is 72.5 Å². The second-order valence-corrected chi connectivity index (χ2v) is 12.4. The van der Waals surface area contributed by atoms with Gasteiger partial charge in [-0.1, -0.05) is 81.4 Å². The van der Waals surface area contributed by atoms with Crippen molar-refractivity contribution in [3.8, 4) is 0 Å². The fourth-order valence-electron chi connectivity index (χ4n) is 3.76. The minimum Gasteiger partial charge on any atom is -0.537 e. The van der Waals surface area contributed by atoms with Gasteiger partial charge in [0.2, 0.25) is 6.29 Å². The largest absolute Gasteiger partial charge is 0.537 e. The zero-order valence-electron chi connectivity index (χ0n) is 18.4. The quantitative estimate of drug-likeness (QED) is 0.299. The minimum absolute atomic E-state index is 0.0547. The van der Waals surface area contributed by atoms with Gasteiger partial charge >= 0.3 is 14.3 Å². The fourth-order valence-corrected chi connectivity index (χ4v) is 8.27. The Bertz CT molecular complexity index is 799. The van der Waals surface area contributed by atoms with Crippen LogP contribution in [-0.4, -0.2) is 27.2 Å². The van der Waals surface area contributed by atoms with Crippen molar-refractivity contribution >= 4 is 30.9 Å². The lowest BCUT2D eigenvalue weighted by molar-refractivity contribution is -0.148. The molecule has 0 saturated heterocycles. The summed E-state index contributed by atoms with van der Waals surface area (Å²) in [4.78, 5) is 19.2. The minimum atomic E-state index is -2.38. The van der Waals surface area contributed by atoms with E-state index in [9.17, 15) is 9.59 Å². The van der Waals surface area contributed by atoms with Gasteiger partial charge < -0.3 is 9.16 Å². The zero-order chi connectivity index (χ0) is 22.0. The Kier molecular flexibility index (Phi) is 8.60. The highest BCUT2D eigenvalue weighted by Gasteiger charge is 2.52. The van der Waals surface area contributed by atoms with Gasteiger partial charge in [0.1, 0.15) is 0 Å². The average molecular weight is 425 g/mol. The lowest BCUT2D eigenvalue weighted by atomic mass is 10.2. The van der Waals surface area contributed by atoms with Gasteiger partial charge in [-0.05, 0) is 41.3 Å². The Morgan fingerprint density at radius 3 is 1.87 bits per heavy atom. The van der Waals surface area contributed by atoms with E-state index in [1.54, 1.807) is 6.92 Å². The van der Waals surface area contributed by atoms with E-state index < -0.39 is 14.3 Å². The molecule has 5 heteroatoms. The molecule has 30 heavy (non-hydrogen) atoms. The van der Waals surface area contributed by atoms with Crippen LogP contribution in [0, 0.1) is 0 Å². The molecule has 160 valence electrons. The molecule has 1 aliphatic carbocycles. The summed E-state index contributed by atoms with van der Waals surface area (Å²) >= 11 is 0. The predicted octanol–water partition coefficient (Wildman–Crippen LogP) is 4.38. The van der Waals surface area contributed by atoms with Crippen molar-refractivity contribution in [1.82, 2.24) is 0 Å². The fraction of sp³-hybridized carbons (Fsp3) is 0.360. The average Bonchev–Trinajstić information content (AvgIpc) is 3.26. The van der Waals surface area contributed by atoms with E-state index in [1.165, 1.54) is 22.6 Å². The zero-order valence-corrected chi connectivity index (χ0v) is 19.4. The van der Waals surface area contributed by atoms with Crippen LogP contribution in [0.4, 0.5) is 0 Å². The highest BCUT2D eigenvalue weighted by atomic mass is 28.4. The Morgan fingerprint density at radius 1 is 1.00 bits per heavy atom. The summed E-state index contributed by atoms with van der Waals surface area (Å²) in [6.45, 7) is 8.89. The summed E-state index contributed by atoms with van der Waals surface area (Å²) in [5.74, 6) is 0.391. The molecule has 1 aliphatic rings. The number of hydrogen-bond donors (Lipinski definition) is 0.